The molecule has 154 valence electrons. The van der Waals surface area contributed by atoms with Gasteiger partial charge in [-0.2, -0.15) is 0 Å². The highest BCUT2D eigenvalue weighted by atomic mass is 16.5. The van der Waals surface area contributed by atoms with Crippen molar-refractivity contribution < 1.29 is 14.3 Å². The smallest absolute Gasteiger partial charge is 0.310 e. The Morgan fingerprint density at radius 1 is 1.14 bits per heavy atom. The molecule has 2 atom stereocenters. The SMILES string of the molecule is CCOC(=O)[C@@H]1CCCN(C(=O)[C@@H]2CCCN2c2nc(C)c3ccccc3n2)C1. The lowest BCUT2D eigenvalue weighted by Crippen LogP contribution is -2.50. The average Bonchev–Trinajstić information content (AvgIpc) is 3.23. The Morgan fingerprint density at radius 3 is 2.76 bits per heavy atom. The Bertz CT molecular complexity index is 916. The summed E-state index contributed by atoms with van der Waals surface area (Å²) >= 11 is 0. The number of aromatic nitrogens is 2. The molecular formula is C22H28N4O3. The molecule has 0 unspecified atom stereocenters. The van der Waals surface area contributed by atoms with Gasteiger partial charge in [0.2, 0.25) is 11.9 Å². The van der Waals surface area contributed by atoms with E-state index in [4.69, 9.17) is 14.7 Å². The Labute approximate surface area is 171 Å². The largest absolute Gasteiger partial charge is 0.466 e. The third-order valence-electron chi connectivity index (χ3n) is 5.93. The predicted octanol–water partition coefficient (Wildman–Crippen LogP) is 2.71. The van der Waals surface area contributed by atoms with Crippen molar-refractivity contribution >= 4 is 28.7 Å². The first-order valence-corrected chi connectivity index (χ1v) is 10.5. The van der Waals surface area contributed by atoms with Crippen molar-refractivity contribution in [2.24, 2.45) is 5.92 Å². The number of hydrogen-bond donors (Lipinski definition) is 0. The van der Waals surface area contributed by atoms with Crippen LogP contribution in [0, 0.1) is 12.8 Å². The van der Waals surface area contributed by atoms with E-state index in [0.29, 0.717) is 25.6 Å². The second-order valence-electron chi connectivity index (χ2n) is 7.85. The maximum absolute atomic E-state index is 13.3. The van der Waals surface area contributed by atoms with E-state index in [-0.39, 0.29) is 23.8 Å². The standard InChI is InChI=1S/C22H28N4O3/c1-3-29-21(28)16-8-6-12-25(14-16)20(27)19-11-7-13-26(19)22-23-15(2)17-9-4-5-10-18(17)24-22/h4-5,9-10,16,19H,3,6-8,11-14H2,1-2H3/t16-,19+/m1/s1. The quantitative estimate of drug-likeness (QED) is 0.740. The molecule has 1 aromatic heterocycles. The zero-order valence-electron chi connectivity index (χ0n) is 17.1. The predicted molar refractivity (Wildman–Crippen MR) is 111 cm³/mol. The van der Waals surface area contributed by atoms with Crippen LogP contribution in [-0.2, 0) is 14.3 Å². The molecular weight excluding hydrogens is 368 g/mol. The van der Waals surface area contributed by atoms with E-state index in [2.05, 4.69) is 0 Å². The summed E-state index contributed by atoms with van der Waals surface area (Å²) < 4.78 is 5.17. The van der Waals surface area contributed by atoms with Crippen LogP contribution in [0.5, 0.6) is 0 Å². The van der Waals surface area contributed by atoms with Gasteiger partial charge in [-0.05, 0) is 45.6 Å². The van der Waals surface area contributed by atoms with Crippen molar-refractivity contribution in [3.63, 3.8) is 0 Å². The fourth-order valence-corrected chi connectivity index (χ4v) is 4.45. The minimum absolute atomic E-state index is 0.0749. The van der Waals surface area contributed by atoms with Crippen LogP contribution < -0.4 is 4.90 Å². The van der Waals surface area contributed by atoms with Crippen LogP contribution >= 0.6 is 0 Å². The van der Waals surface area contributed by atoms with Gasteiger partial charge in [-0.3, -0.25) is 9.59 Å². The van der Waals surface area contributed by atoms with Crippen molar-refractivity contribution in [2.45, 2.75) is 45.6 Å². The van der Waals surface area contributed by atoms with Crippen molar-refractivity contribution in [3.8, 4) is 0 Å². The fourth-order valence-electron chi connectivity index (χ4n) is 4.45. The number of piperidine rings is 1. The third-order valence-corrected chi connectivity index (χ3v) is 5.93. The molecule has 3 heterocycles. The summed E-state index contributed by atoms with van der Waals surface area (Å²) in [7, 11) is 0. The van der Waals surface area contributed by atoms with E-state index in [0.717, 1.165) is 48.8 Å². The van der Waals surface area contributed by atoms with Gasteiger partial charge in [-0.1, -0.05) is 18.2 Å². The first-order chi connectivity index (χ1) is 14.1. The Hall–Kier alpha value is -2.70. The zero-order chi connectivity index (χ0) is 20.4. The first kappa shape index (κ1) is 19.6. The van der Waals surface area contributed by atoms with E-state index in [9.17, 15) is 9.59 Å². The number of carbonyl (C=O) groups is 2. The zero-order valence-corrected chi connectivity index (χ0v) is 17.1. The van der Waals surface area contributed by atoms with Crippen molar-refractivity contribution in [1.82, 2.24) is 14.9 Å². The molecule has 1 amide bonds. The fraction of sp³-hybridized carbons (Fsp3) is 0.545. The number of nitrogens with zero attached hydrogens (tertiary/aromatic N) is 4. The summed E-state index contributed by atoms with van der Waals surface area (Å²) in [6.07, 6.45) is 3.33. The van der Waals surface area contributed by atoms with Crippen molar-refractivity contribution in [1.29, 1.82) is 0 Å². The molecule has 29 heavy (non-hydrogen) atoms. The maximum Gasteiger partial charge on any atom is 0.310 e. The molecule has 2 aliphatic rings. The van der Waals surface area contributed by atoms with Crippen LogP contribution in [0.3, 0.4) is 0 Å². The van der Waals surface area contributed by atoms with Crippen LogP contribution in [0.15, 0.2) is 24.3 Å². The summed E-state index contributed by atoms with van der Waals surface area (Å²) in [6.45, 7) is 6.07. The topological polar surface area (TPSA) is 75.6 Å². The molecule has 2 saturated heterocycles. The van der Waals surface area contributed by atoms with E-state index in [1.165, 1.54) is 0 Å². The van der Waals surface area contributed by atoms with Gasteiger partial charge in [-0.25, -0.2) is 9.97 Å². The lowest BCUT2D eigenvalue weighted by atomic mass is 9.97. The molecule has 2 aromatic rings. The number of ether oxygens (including phenoxy) is 1. The molecule has 0 N–H and O–H groups in total. The lowest BCUT2D eigenvalue weighted by Gasteiger charge is -2.35. The van der Waals surface area contributed by atoms with Gasteiger partial charge >= 0.3 is 5.97 Å². The molecule has 0 bridgehead atoms. The Kier molecular flexibility index (Phi) is 5.65. The molecule has 7 nitrogen and oxygen atoms in total. The number of amides is 1. The van der Waals surface area contributed by atoms with E-state index in [1.807, 2.05) is 47.9 Å². The number of para-hydroxylation sites is 1. The highest BCUT2D eigenvalue weighted by Gasteiger charge is 2.38. The van der Waals surface area contributed by atoms with Gasteiger partial charge in [0, 0.05) is 25.0 Å². The number of benzene rings is 1. The molecule has 2 fully saturated rings. The molecule has 0 spiro atoms. The monoisotopic (exact) mass is 396 g/mol. The summed E-state index contributed by atoms with van der Waals surface area (Å²) in [5.41, 5.74) is 1.82. The summed E-state index contributed by atoms with van der Waals surface area (Å²) in [4.78, 5) is 38.8. The second kappa shape index (κ2) is 8.35. The molecule has 0 saturated carbocycles. The van der Waals surface area contributed by atoms with Crippen molar-refractivity contribution in [3.05, 3.63) is 30.0 Å². The number of esters is 1. The summed E-state index contributed by atoms with van der Waals surface area (Å²) in [5, 5.41) is 1.03. The minimum atomic E-state index is -0.267. The summed E-state index contributed by atoms with van der Waals surface area (Å²) in [5.74, 6) is 0.283. The summed E-state index contributed by atoms with van der Waals surface area (Å²) in [6, 6.07) is 7.68. The number of rotatable bonds is 4. The van der Waals surface area contributed by atoms with E-state index < -0.39 is 0 Å². The van der Waals surface area contributed by atoms with Gasteiger partial charge in [-0.15, -0.1) is 0 Å². The molecule has 0 radical (unpaired) electrons. The number of aryl methyl sites for hydroxylation is 1. The van der Waals surface area contributed by atoms with E-state index in [1.54, 1.807) is 0 Å². The van der Waals surface area contributed by atoms with Crippen LogP contribution in [0.4, 0.5) is 5.95 Å². The third kappa shape index (κ3) is 3.91. The van der Waals surface area contributed by atoms with Crippen molar-refractivity contribution in [2.75, 3.05) is 31.1 Å². The van der Waals surface area contributed by atoms with Gasteiger partial charge in [0.05, 0.1) is 23.7 Å². The van der Waals surface area contributed by atoms with E-state index >= 15 is 0 Å². The number of hydrogen-bond acceptors (Lipinski definition) is 6. The highest BCUT2D eigenvalue weighted by molar-refractivity contribution is 5.87. The average molecular weight is 396 g/mol. The minimum Gasteiger partial charge on any atom is -0.466 e. The number of fused-ring (bicyclic) bond motifs is 1. The van der Waals surface area contributed by atoms with Crippen LogP contribution in [-0.4, -0.2) is 59.0 Å². The van der Waals surface area contributed by atoms with Gasteiger partial charge < -0.3 is 14.5 Å². The molecule has 1 aromatic carbocycles. The number of anilines is 1. The maximum atomic E-state index is 13.3. The van der Waals surface area contributed by atoms with Crippen LogP contribution in [0.1, 0.15) is 38.3 Å². The Balaban J connectivity index is 1.54. The van der Waals surface area contributed by atoms with Gasteiger partial charge in [0.25, 0.3) is 0 Å². The van der Waals surface area contributed by atoms with Gasteiger partial charge in [0.1, 0.15) is 6.04 Å². The molecule has 2 aliphatic heterocycles. The van der Waals surface area contributed by atoms with Crippen LogP contribution in [0.25, 0.3) is 10.9 Å². The molecule has 0 aliphatic carbocycles. The second-order valence-corrected chi connectivity index (χ2v) is 7.85. The number of carbonyl (C=O) groups excluding carboxylic acids is 2. The first-order valence-electron chi connectivity index (χ1n) is 10.5. The van der Waals surface area contributed by atoms with Gasteiger partial charge in [0.15, 0.2) is 0 Å². The number of likely N-dealkylation sites (tertiary alicyclic amines) is 1. The lowest BCUT2D eigenvalue weighted by molar-refractivity contribution is -0.151. The molecule has 4 rings (SSSR count). The van der Waals surface area contributed by atoms with Crippen LogP contribution in [0.2, 0.25) is 0 Å². The highest BCUT2D eigenvalue weighted by Crippen LogP contribution is 2.28. The Morgan fingerprint density at radius 2 is 1.93 bits per heavy atom. The molecule has 7 heteroatoms. The normalized spacial score (nSPS) is 22.1.